The van der Waals surface area contributed by atoms with Gasteiger partial charge in [-0.2, -0.15) is 0 Å². The Morgan fingerprint density at radius 3 is 2.46 bits per heavy atom. The van der Waals surface area contributed by atoms with Crippen LogP contribution >= 0.6 is 0 Å². The molecule has 1 heterocycles. The minimum absolute atomic E-state index is 0.00508. The first-order valence-electron chi connectivity index (χ1n) is 8.63. The summed E-state index contributed by atoms with van der Waals surface area (Å²) in [6, 6.07) is 8.56. The standard InChI is InChI=1S/C18H23F2N3O3/c19-18(20)9-17(10-18,13-4-2-1-3-5-13)11-22-16(26)23-7-12(6-15(21)25)14(24)8-23/h1-5,12,14,24H,6-11H2,(H2,21,25)(H,22,26)/t12-,14-/m1/s1. The molecule has 1 aliphatic heterocycles. The lowest BCUT2D eigenvalue weighted by atomic mass is 9.62. The number of urea groups is 1. The van der Waals surface area contributed by atoms with Gasteiger partial charge in [-0.25, -0.2) is 13.6 Å². The van der Waals surface area contributed by atoms with Gasteiger partial charge in [0.2, 0.25) is 11.8 Å². The van der Waals surface area contributed by atoms with Crippen molar-refractivity contribution in [3.05, 3.63) is 35.9 Å². The van der Waals surface area contributed by atoms with Crippen molar-refractivity contribution in [2.24, 2.45) is 11.7 Å². The Labute approximate surface area is 150 Å². The summed E-state index contributed by atoms with van der Waals surface area (Å²) in [5.41, 5.74) is 5.14. The van der Waals surface area contributed by atoms with E-state index in [0.717, 1.165) is 5.56 Å². The van der Waals surface area contributed by atoms with Crippen LogP contribution in [0.15, 0.2) is 30.3 Å². The van der Waals surface area contributed by atoms with Crippen LogP contribution in [0.2, 0.25) is 0 Å². The number of nitrogens with two attached hydrogens (primary N) is 1. The fourth-order valence-corrected chi connectivity index (χ4v) is 4.00. The number of nitrogens with one attached hydrogen (secondary N) is 1. The predicted octanol–water partition coefficient (Wildman–Crippen LogP) is 1.23. The van der Waals surface area contributed by atoms with Gasteiger partial charge >= 0.3 is 6.03 Å². The Balaban J connectivity index is 1.62. The topological polar surface area (TPSA) is 95.7 Å². The lowest BCUT2D eigenvalue weighted by Gasteiger charge is -2.48. The highest BCUT2D eigenvalue weighted by Crippen LogP contribution is 2.53. The van der Waals surface area contributed by atoms with Gasteiger partial charge in [0.05, 0.1) is 6.10 Å². The normalized spacial score (nSPS) is 26.2. The molecule has 1 aliphatic carbocycles. The number of rotatable bonds is 5. The molecule has 0 bridgehead atoms. The number of benzene rings is 1. The van der Waals surface area contributed by atoms with Crippen LogP contribution < -0.4 is 11.1 Å². The van der Waals surface area contributed by atoms with Crippen LogP contribution in [0.4, 0.5) is 13.6 Å². The lowest BCUT2D eigenvalue weighted by Crippen LogP contribution is -2.56. The predicted molar refractivity (Wildman–Crippen MR) is 90.6 cm³/mol. The number of likely N-dealkylation sites (tertiary alicyclic amines) is 1. The number of halogens is 2. The van der Waals surface area contributed by atoms with E-state index in [9.17, 15) is 23.5 Å². The Kier molecular flexibility index (Phi) is 4.88. The van der Waals surface area contributed by atoms with E-state index >= 15 is 0 Å². The van der Waals surface area contributed by atoms with Crippen LogP contribution in [-0.4, -0.2) is 53.6 Å². The third-order valence-corrected chi connectivity index (χ3v) is 5.32. The fourth-order valence-electron chi connectivity index (χ4n) is 4.00. The molecule has 8 heteroatoms. The van der Waals surface area contributed by atoms with Crippen LogP contribution in [0.3, 0.4) is 0 Å². The quantitative estimate of drug-likeness (QED) is 0.730. The third-order valence-electron chi connectivity index (χ3n) is 5.32. The van der Waals surface area contributed by atoms with Crippen molar-refractivity contribution in [1.82, 2.24) is 10.2 Å². The summed E-state index contributed by atoms with van der Waals surface area (Å²) in [6.45, 7) is 0.404. The van der Waals surface area contributed by atoms with E-state index in [1.54, 1.807) is 24.3 Å². The summed E-state index contributed by atoms with van der Waals surface area (Å²) in [4.78, 5) is 24.8. The largest absolute Gasteiger partial charge is 0.391 e. The molecule has 26 heavy (non-hydrogen) atoms. The molecule has 0 unspecified atom stereocenters. The van der Waals surface area contributed by atoms with E-state index in [0.29, 0.717) is 0 Å². The molecule has 4 N–H and O–H groups in total. The Morgan fingerprint density at radius 1 is 1.23 bits per heavy atom. The van der Waals surface area contributed by atoms with Crippen molar-refractivity contribution in [3.63, 3.8) is 0 Å². The Morgan fingerprint density at radius 2 is 1.88 bits per heavy atom. The summed E-state index contributed by atoms with van der Waals surface area (Å²) in [6.07, 6.45) is -1.43. The molecule has 1 saturated carbocycles. The molecular weight excluding hydrogens is 344 g/mol. The summed E-state index contributed by atoms with van der Waals surface area (Å²) in [7, 11) is 0. The number of primary amides is 1. The molecule has 1 aromatic carbocycles. The molecule has 3 rings (SSSR count). The maximum atomic E-state index is 13.6. The first-order valence-corrected chi connectivity index (χ1v) is 8.63. The minimum atomic E-state index is -2.73. The van der Waals surface area contributed by atoms with Crippen LogP contribution in [0.25, 0.3) is 0 Å². The zero-order valence-corrected chi connectivity index (χ0v) is 14.3. The molecule has 6 nitrogen and oxygen atoms in total. The summed E-state index contributed by atoms with van der Waals surface area (Å²) >= 11 is 0. The highest BCUT2D eigenvalue weighted by atomic mass is 19.3. The zero-order chi connectivity index (χ0) is 18.9. The number of alkyl halides is 2. The van der Waals surface area contributed by atoms with Crippen molar-refractivity contribution >= 4 is 11.9 Å². The molecule has 2 atom stereocenters. The van der Waals surface area contributed by atoms with Crippen molar-refractivity contribution in [3.8, 4) is 0 Å². The molecule has 0 radical (unpaired) electrons. The first-order chi connectivity index (χ1) is 12.2. The Bertz CT molecular complexity index is 676. The second-order valence-electron chi connectivity index (χ2n) is 7.42. The summed E-state index contributed by atoms with van der Waals surface area (Å²) < 4.78 is 27.1. The van der Waals surface area contributed by atoms with E-state index in [2.05, 4.69) is 5.32 Å². The van der Waals surface area contributed by atoms with Crippen LogP contribution in [0.5, 0.6) is 0 Å². The number of β-amino-alcohol motifs (C(OH)–C–C–N with tert-alkyl or cyclic N) is 1. The number of nitrogens with zero attached hydrogens (tertiary/aromatic N) is 1. The van der Waals surface area contributed by atoms with Gasteiger partial charge in [-0.05, 0) is 5.56 Å². The van der Waals surface area contributed by atoms with E-state index in [1.807, 2.05) is 6.07 Å². The van der Waals surface area contributed by atoms with Crippen molar-refractivity contribution < 1.29 is 23.5 Å². The van der Waals surface area contributed by atoms with Crippen molar-refractivity contribution in [1.29, 1.82) is 0 Å². The number of aliphatic hydroxyl groups excluding tert-OH is 1. The molecule has 3 amide bonds. The fraction of sp³-hybridized carbons (Fsp3) is 0.556. The average Bonchev–Trinajstić information content (AvgIpc) is 2.91. The zero-order valence-electron chi connectivity index (χ0n) is 14.3. The molecule has 142 valence electrons. The number of hydrogen-bond acceptors (Lipinski definition) is 3. The maximum absolute atomic E-state index is 13.6. The SMILES string of the molecule is NC(=O)C[C@@H]1CN(C(=O)NCC2(c3ccccc3)CC(F)(F)C2)C[C@H]1O. The van der Waals surface area contributed by atoms with Crippen molar-refractivity contribution in [2.45, 2.75) is 36.7 Å². The molecule has 1 saturated heterocycles. The molecule has 2 aliphatic rings. The number of hydrogen-bond donors (Lipinski definition) is 3. The van der Waals surface area contributed by atoms with E-state index in [-0.39, 0.29) is 38.9 Å². The van der Waals surface area contributed by atoms with Gasteiger partial charge in [-0.15, -0.1) is 0 Å². The Hall–Kier alpha value is -2.22. The number of carbonyl (C=O) groups excluding carboxylic acids is 2. The van der Waals surface area contributed by atoms with Gasteiger partial charge in [0.1, 0.15) is 0 Å². The van der Waals surface area contributed by atoms with Crippen molar-refractivity contribution in [2.75, 3.05) is 19.6 Å². The number of aliphatic hydroxyl groups is 1. The van der Waals surface area contributed by atoms with E-state index in [1.165, 1.54) is 4.90 Å². The molecule has 2 fully saturated rings. The van der Waals surface area contributed by atoms with Gasteiger partial charge in [0.25, 0.3) is 0 Å². The van der Waals surface area contributed by atoms with Gasteiger partial charge < -0.3 is 21.1 Å². The van der Waals surface area contributed by atoms with Crippen LogP contribution in [0, 0.1) is 5.92 Å². The minimum Gasteiger partial charge on any atom is -0.391 e. The number of amides is 3. The first kappa shape index (κ1) is 18.6. The average molecular weight is 367 g/mol. The molecule has 0 aromatic heterocycles. The molecule has 1 aromatic rings. The van der Waals surface area contributed by atoms with Crippen LogP contribution in [0.1, 0.15) is 24.8 Å². The second-order valence-corrected chi connectivity index (χ2v) is 7.42. The lowest BCUT2D eigenvalue weighted by molar-refractivity contribution is -0.125. The third kappa shape index (κ3) is 3.80. The van der Waals surface area contributed by atoms with Gasteiger partial charge in [-0.3, -0.25) is 4.79 Å². The monoisotopic (exact) mass is 367 g/mol. The summed E-state index contributed by atoms with van der Waals surface area (Å²) in [5, 5.41) is 12.7. The van der Waals surface area contributed by atoms with Gasteiger partial charge in [-0.1, -0.05) is 30.3 Å². The van der Waals surface area contributed by atoms with Gasteiger partial charge in [0.15, 0.2) is 0 Å². The summed E-state index contributed by atoms with van der Waals surface area (Å²) in [5.74, 6) is -3.65. The highest BCUT2D eigenvalue weighted by Gasteiger charge is 2.57. The van der Waals surface area contributed by atoms with Gasteiger partial charge in [0, 0.05) is 50.2 Å². The number of carbonyl (C=O) groups is 2. The van der Waals surface area contributed by atoms with E-state index < -0.39 is 35.3 Å². The molecule has 0 spiro atoms. The second kappa shape index (κ2) is 6.83. The van der Waals surface area contributed by atoms with Crippen LogP contribution in [-0.2, 0) is 10.2 Å². The van der Waals surface area contributed by atoms with E-state index in [4.69, 9.17) is 5.73 Å². The molecular formula is C18H23F2N3O3. The smallest absolute Gasteiger partial charge is 0.317 e. The maximum Gasteiger partial charge on any atom is 0.317 e. The highest BCUT2D eigenvalue weighted by molar-refractivity contribution is 5.76.